The van der Waals surface area contributed by atoms with Crippen LogP contribution in [0.2, 0.25) is 10.0 Å². The van der Waals surface area contributed by atoms with Gasteiger partial charge in [0.1, 0.15) is 11.5 Å². The number of nitrogens with one attached hydrogen (secondary N) is 1. The lowest BCUT2D eigenvalue weighted by atomic mass is 10.1. The van der Waals surface area contributed by atoms with Crippen LogP contribution in [0.1, 0.15) is 11.7 Å². The van der Waals surface area contributed by atoms with E-state index in [2.05, 4.69) is 5.32 Å². The fourth-order valence-corrected chi connectivity index (χ4v) is 2.43. The standard InChI is InChI=1S/C17H17Cl2NO4/c1-23-13-4-2-3-11(7-13)15(21)9-20-17(22)10-24-16-6-5-12(18)8-14(16)19/h2-8,15,21H,9-10H2,1H3,(H,20,22). The van der Waals surface area contributed by atoms with Gasteiger partial charge in [0.2, 0.25) is 0 Å². The second kappa shape index (κ2) is 8.78. The molecule has 128 valence electrons. The van der Waals surface area contributed by atoms with Gasteiger partial charge in [-0.05, 0) is 35.9 Å². The Balaban J connectivity index is 1.82. The van der Waals surface area contributed by atoms with Crippen molar-refractivity contribution in [2.75, 3.05) is 20.3 Å². The van der Waals surface area contributed by atoms with Gasteiger partial charge >= 0.3 is 0 Å². The van der Waals surface area contributed by atoms with Gasteiger partial charge in [0.15, 0.2) is 6.61 Å². The highest BCUT2D eigenvalue weighted by Gasteiger charge is 2.11. The van der Waals surface area contributed by atoms with Gasteiger partial charge in [-0.1, -0.05) is 35.3 Å². The lowest BCUT2D eigenvalue weighted by Gasteiger charge is -2.14. The van der Waals surface area contributed by atoms with Crippen molar-refractivity contribution in [3.63, 3.8) is 0 Å². The van der Waals surface area contributed by atoms with Crippen molar-refractivity contribution in [1.82, 2.24) is 5.32 Å². The summed E-state index contributed by atoms with van der Waals surface area (Å²) in [4.78, 5) is 11.8. The van der Waals surface area contributed by atoms with E-state index in [4.69, 9.17) is 32.7 Å². The third kappa shape index (κ3) is 5.30. The molecule has 24 heavy (non-hydrogen) atoms. The quantitative estimate of drug-likeness (QED) is 0.785. The average molecular weight is 370 g/mol. The molecule has 5 nitrogen and oxygen atoms in total. The topological polar surface area (TPSA) is 67.8 Å². The lowest BCUT2D eigenvalue weighted by Crippen LogP contribution is -2.32. The van der Waals surface area contributed by atoms with E-state index in [1.165, 1.54) is 6.07 Å². The number of aliphatic hydroxyl groups is 1. The molecule has 7 heteroatoms. The van der Waals surface area contributed by atoms with Crippen LogP contribution in [0.5, 0.6) is 11.5 Å². The molecule has 1 unspecified atom stereocenters. The summed E-state index contributed by atoms with van der Waals surface area (Å²) in [6.07, 6.45) is -0.844. The molecule has 0 aromatic heterocycles. The smallest absolute Gasteiger partial charge is 0.258 e. The van der Waals surface area contributed by atoms with Crippen LogP contribution in [-0.4, -0.2) is 31.3 Å². The van der Waals surface area contributed by atoms with E-state index < -0.39 is 6.10 Å². The van der Waals surface area contributed by atoms with Crippen LogP contribution in [0.4, 0.5) is 0 Å². The Kier molecular flexibility index (Phi) is 6.73. The summed E-state index contributed by atoms with van der Waals surface area (Å²) in [5, 5.41) is 13.5. The first kappa shape index (κ1) is 18.4. The van der Waals surface area contributed by atoms with Crippen molar-refractivity contribution in [1.29, 1.82) is 0 Å². The van der Waals surface area contributed by atoms with E-state index in [0.29, 0.717) is 27.1 Å². The predicted molar refractivity (Wildman–Crippen MR) is 92.9 cm³/mol. The molecule has 0 saturated carbocycles. The van der Waals surface area contributed by atoms with Gasteiger partial charge in [-0.2, -0.15) is 0 Å². The van der Waals surface area contributed by atoms with Gasteiger partial charge in [-0.3, -0.25) is 4.79 Å². The number of ether oxygens (including phenoxy) is 2. The molecule has 0 aliphatic carbocycles. The van der Waals surface area contributed by atoms with E-state index in [-0.39, 0.29) is 19.1 Å². The summed E-state index contributed by atoms with van der Waals surface area (Å²) in [5.74, 6) is 0.631. The number of carbonyl (C=O) groups is 1. The zero-order valence-corrected chi connectivity index (χ0v) is 14.5. The summed E-state index contributed by atoms with van der Waals surface area (Å²) in [7, 11) is 1.55. The fourth-order valence-electron chi connectivity index (χ4n) is 1.96. The molecular weight excluding hydrogens is 353 g/mol. The zero-order chi connectivity index (χ0) is 17.5. The third-order valence-electron chi connectivity index (χ3n) is 3.22. The predicted octanol–water partition coefficient (Wildman–Crippen LogP) is 3.23. The van der Waals surface area contributed by atoms with Crippen molar-refractivity contribution >= 4 is 29.1 Å². The van der Waals surface area contributed by atoms with Crippen LogP contribution in [0, 0.1) is 0 Å². The minimum absolute atomic E-state index is 0.0592. The Hall–Kier alpha value is -1.95. The molecule has 1 atom stereocenters. The van der Waals surface area contributed by atoms with Crippen molar-refractivity contribution in [3.8, 4) is 11.5 Å². The maximum Gasteiger partial charge on any atom is 0.258 e. The minimum atomic E-state index is -0.844. The maximum atomic E-state index is 11.8. The molecule has 2 aromatic rings. The van der Waals surface area contributed by atoms with Crippen molar-refractivity contribution in [2.24, 2.45) is 0 Å². The SMILES string of the molecule is COc1cccc(C(O)CNC(=O)COc2ccc(Cl)cc2Cl)c1. The number of amides is 1. The monoisotopic (exact) mass is 369 g/mol. The summed E-state index contributed by atoms with van der Waals surface area (Å²) in [6, 6.07) is 11.7. The van der Waals surface area contributed by atoms with Crippen molar-refractivity contribution in [3.05, 3.63) is 58.1 Å². The average Bonchev–Trinajstić information content (AvgIpc) is 2.59. The first-order valence-electron chi connectivity index (χ1n) is 7.16. The Bertz CT molecular complexity index is 709. The van der Waals surface area contributed by atoms with Gasteiger partial charge < -0.3 is 19.9 Å². The molecule has 0 aliphatic heterocycles. The fraction of sp³-hybridized carbons (Fsp3) is 0.235. The Morgan fingerprint density at radius 2 is 2.04 bits per heavy atom. The van der Waals surface area contributed by atoms with Crippen LogP contribution in [0.3, 0.4) is 0 Å². The molecule has 2 N–H and O–H groups in total. The summed E-state index contributed by atoms with van der Waals surface area (Å²) in [5.41, 5.74) is 0.649. The number of methoxy groups -OCH3 is 1. The number of rotatable bonds is 7. The maximum absolute atomic E-state index is 11.8. The van der Waals surface area contributed by atoms with Gasteiger partial charge in [0.25, 0.3) is 5.91 Å². The minimum Gasteiger partial charge on any atom is -0.497 e. The molecule has 0 spiro atoms. The number of benzene rings is 2. The molecule has 2 aromatic carbocycles. The van der Waals surface area contributed by atoms with Gasteiger partial charge in [0, 0.05) is 11.6 Å². The lowest BCUT2D eigenvalue weighted by molar-refractivity contribution is -0.123. The highest BCUT2D eigenvalue weighted by molar-refractivity contribution is 6.35. The Labute approximate surface area is 150 Å². The van der Waals surface area contributed by atoms with E-state index in [1.54, 1.807) is 43.5 Å². The van der Waals surface area contributed by atoms with E-state index in [1.807, 2.05) is 0 Å². The Morgan fingerprint density at radius 3 is 2.75 bits per heavy atom. The van der Waals surface area contributed by atoms with Gasteiger partial charge in [-0.25, -0.2) is 0 Å². The largest absolute Gasteiger partial charge is 0.497 e. The molecule has 0 fully saturated rings. The molecule has 0 heterocycles. The highest BCUT2D eigenvalue weighted by atomic mass is 35.5. The summed E-state index contributed by atoms with van der Waals surface area (Å²) < 4.78 is 10.4. The normalized spacial score (nSPS) is 11.7. The summed E-state index contributed by atoms with van der Waals surface area (Å²) >= 11 is 11.7. The number of hydrogen-bond acceptors (Lipinski definition) is 4. The van der Waals surface area contributed by atoms with Gasteiger partial charge in [0.05, 0.1) is 18.2 Å². The third-order valence-corrected chi connectivity index (χ3v) is 3.75. The van der Waals surface area contributed by atoms with Crippen LogP contribution in [0.25, 0.3) is 0 Å². The number of hydrogen-bond donors (Lipinski definition) is 2. The molecule has 0 radical (unpaired) electrons. The molecule has 0 bridgehead atoms. The molecule has 0 aliphatic rings. The van der Waals surface area contributed by atoms with Crippen LogP contribution >= 0.6 is 23.2 Å². The van der Waals surface area contributed by atoms with E-state index in [9.17, 15) is 9.90 Å². The molecule has 2 rings (SSSR count). The number of aliphatic hydroxyl groups excluding tert-OH is 1. The first-order valence-corrected chi connectivity index (χ1v) is 7.91. The molecule has 1 amide bonds. The zero-order valence-electron chi connectivity index (χ0n) is 13.0. The van der Waals surface area contributed by atoms with Crippen LogP contribution < -0.4 is 14.8 Å². The summed E-state index contributed by atoms with van der Waals surface area (Å²) in [6.45, 7) is -0.157. The highest BCUT2D eigenvalue weighted by Crippen LogP contribution is 2.27. The van der Waals surface area contributed by atoms with Crippen molar-refractivity contribution < 1.29 is 19.4 Å². The number of halogens is 2. The van der Waals surface area contributed by atoms with Gasteiger partial charge in [-0.15, -0.1) is 0 Å². The first-order chi connectivity index (χ1) is 11.5. The number of carbonyl (C=O) groups excluding carboxylic acids is 1. The second-order valence-electron chi connectivity index (χ2n) is 4.96. The molecular formula is C17H17Cl2NO4. The van der Waals surface area contributed by atoms with Crippen LogP contribution in [-0.2, 0) is 4.79 Å². The Morgan fingerprint density at radius 1 is 1.25 bits per heavy atom. The molecule has 0 saturated heterocycles. The van der Waals surface area contributed by atoms with Crippen molar-refractivity contribution in [2.45, 2.75) is 6.10 Å². The van der Waals surface area contributed by atoms with E-state index >= 15 is 0 Å². The van der Waals surface area contributed by atoms with Crippen LogP contribution in [0.15, 0.2) is 42.5 Å². The van der Waals surface area contributed by atoms with E-state index in [0.717, 1.165) is 0 Å². The second-order valence-corrected chi connectivity index (χ2v) is 5.80.